The fraction of sp³-hybridized carbons (Fsp3) is 0.188. The van der Waals surface area contributed by atoms with Gasteiger partial charge in [-0.2, -0.15) is 14.6 Å². The molecule has 206 valence electrons. The molecule has 0 unspecified atom stereocenters. The smallest absolute Gasteiger partial charge is 0.291 e. The molecule has 6 aromatic rings. The van der Waals surface area contributed by atoms with Gasteiger partial charge >= 0.3 is 0 Å². The van der Waals surface area contributed by atoms with Crippen LogP contribution >= 0.6 is 11.3 Å². The molecule has 3 aromatic carbocycles. The van der Waals surface area contributed by atoms with Crippen LogP contribution in [-0.4, -0.2) is 37.1 Å². The first kappa shape index (κ1) is 26.5. The Kier molecular flexibility index (Phi) is 7.11. The molecule has 0 radical (unpaired) electrons. The summed E-state index contributed by atoms with van der Waals surface area (Å²) in [4.78, 5) is 18.6. The fourth-order valence-corrected chi connectivity index (χ4v) is 5.48. The van der Waals surface area contributed by atoms with Gasteiger partial charge in [0.05, 0.1) is 22.9 Å². The number of nitrogens with zero attached hydrogens (tertiary/aromatic N) is 5. The zero-order valence-corrected chi connectivity index (χ0v) is 24.1. The van der Waals surface area contributed by atoms with Crippen molar-refractivity contribution < 1.29 is 9.47 Å². The normalized spacial score (nSPS) is 12.0. The van der Waals surface area contributed by atoms with Crippen molar-refractivity contribution in [3.8, 4) is 39.8 Å². The summed E-state index contributed by atoms with van der Waals surface area (Å²) in [6, 6.07) is 23.5. The molecule has 9 heteroatoms. The lowest BCUT2D eigenvalue weighted by Gasteiger charge is -2.13. The van der Waals surface area contributed by atoms with Gasteiger partial charge in [-0.15, -0.1) is 5.10 Å². The largest absolute Gasteiger partial charge is 0.494 e. The molecule has 0 aliphatic carbocycles. The van der Waals surface area contributed by atoms with E-state index in [-0.39, 0.29) is 11.7 Å². The minimum atomic E-state index is -0.218. The number of para-hydroxylation sites is 1. The van der Waals surface area contributed by atoms with E-state index in [4.69, 9.17) is 14.6 Å². The van der Waals surface area contributed by atoms with Crippen LogP contribution in [0.3, 0.4) is 0 Å². The molecule has 0 aliphatic heterocycles. The van der Waals surface area contributed by atoms with Crippen molar-refractivity contribution >= 4 is 22.4 Å². The summed E-state index contributed by atoms with van der Waals surface area (Å²) in [7, 11) is 0. The maximum atomic E-state index is 13.4. The average molecular weight is 564 g/mol. The van der Waals surface area contributed by atoms with Gasteiger partial charge in [-0.05, 0) is 93.9 Å². The maximum Gasteiger partial charge on any atom is 0.291 e. The monoisotopic (exact) mass is 563 g/mol. The molecular weight excluding hydrogens is 534 g/mol. The van der Waals surface area contributed by atoms with E-state index in [9.17, 15) is 4.79 Å². The van der Waals surface area contributed by atoms with Gasteiger partial charge in [0, 0.05) is 22.9 Å². The van der Waals surface area contributed by atoms with Crippen LogP contribution in [0.5, 0.6) is 11.5 Å². The number of fused-ring (bicyclic) bond motifs is 1. The lowest BCUT2D eigenvalue weighted by atomic mass is 10.0. The summed E-state index contributed by atoms with van der Waals surface area (Å²) < 4.78 is 15.2. The molecule has 0 N–H and O–H groups in total. The zero-order valence-electron chi connectivity index (χ0n) is 23.2. The number of benzene rings is 3. The van der Waals surface area contributed by atoms with Gasteiger partial charge in [0.2, 0.25) is 4.96 Å². The lowest BCUT2D eigenvalue weighted by Crippen LogP contribution is -2.23. The summed E-state index contributed by atoms with van der Waals surface area (Å²) in [6.07, 6.45) is 3.90. The second kappa shape index (κ2) is 11.0. The number of thiazole rings is 1. The van der Waals surface area contributed by atoms with Crippen LogP contribution in [0.25, 0.3) is 39.4 Å². The number of ether oxygens (including phenoxy) is 2. The minimum absolute atomic E-state index is 0.0810. The number of hydrogen-bond acceptors (Lipinski definition) is 7. The molecular formula is C32H29N5O3S. The fourth-order valence-electron chi connectivity index (χ4n) is 4.58. The number of aryl methyl sites for hydroxylation is 1. The van der Waals surface area contributed by atoms with Gasteiger partial charge in [-0.25, -0.2) is 4.68 Å². The standard InChI is InChI=1S/C32H29N5O3S/c1-5-39-26-14-11-22(12-15-26)30-33-32-37(35-30)31(38)28(41-32)18-24-19-36(25-9-7-6-8-10-25)34-29(24)23-13-16-27(21(4)17-23)40-20(2)3/h6-20H,5H2,1-4H3. The highest BCUT2D eigenvalue weighted by Crippen LogP contribution is 2.29. The number of aromatic nitrogens is 5. The van der Waals surface area contributed by atoms with Gasteiger partial charge in [-0.3, -0.25) is 4.79 Å². The molecule has 0 spiro atoms. The van der Waals surface area contributed by atoms with Crippen molar-refractivity contribution in [3.63, 3.8) is 0 Å². The molecule has 0 bridgehead atoms. The van der Waals surface area contributed by atoms with Crippen LogP contribution in [-0.2, 0) is 0 Å². The molecule has 3 heterocycles. The Bertz CT molecular complexity index is 1940. The van der Waals surface area contributed by atoms with Crippen molar-refractivity contribution in [1.29, 1.82) is 0 Å². The predicted molar refractivity (Wildman–Crippen MR) is 162 cm³/mol. The topological polar surface area (TPSA) is 83.5 Å². The van der Waals surface area contributed by atoms with Gasteiger partial charge in [-0.1, -0.05) is 29.5 Å². The zero-order chi connectivity index (χ0) is 28.5. The van der Waals surface area contributed by atoms with E-state index in [0.717, 1.165) is 45.1 Å². The molecule has 6 rings (SSSR count). The predicted octanol–water partition coefficient (Wildman–Crippen LogP) is 5.71. The Labute approximate surface area is 241 Å². The molecule has 0 atom stereocenters. The van der Waals surface area contributed by atoms with E-state index < -0.39 is 0 Å². The molecule has 0 amide bonds. The van der Waals surface area contributed by atoms with Crippen LogP contribution in [0.15, 0.2) is 83.8 Å². The van der Waals surface area contributed by atoms with Gasteiger partial charge in [0.15, 0.2) is 5.82 Å². The van der Waals surface area contributed by atoms with Gasteiger partial charge < -0.3 is 9.47 Å². The van der Waals surface area contributed by atoms with Crippen LogP contribution in [0.1, 0.15) is 31.9 Å². The second-order valence-electron chi connectivity index (χ2n) is 9.86. The highest BCUT2D eigenvalue weighted by molar-refractivity contribution is 7.15. The van der Waals surface area contributed by atoms with Crippen molar-refractivity contribution in [3.05, 3.63) is 105 Å². The van der Waals surface area contributed by atoms with Crippen molar-refractivity contribution in [2.75, 3.05) is 6.61 Å². The third kappa shape index (κ3) is 5.36. The highest BCUT2D eigenvalue weighted by atomic mass is 32.1. The Morgan fingerprint density at radius 2 is 1.73 bits per heavy atom. The summed E-state index contributed by atoms with van der Waals surface area (Å²) in [5.41, 5.74) is 5.06. The average Bonchev–Trinajstić information content (AvgIpc) is 3.66. The first-order chi connectivity index (χ1) is 19.9. The molecule has 41 heavy (non-hydrogen) atoms. The molecule has 0 aliphatic rings. The second-order valence-corrected chi connectivity index (χ2v) is 10.9. The number of hydrogen-bond donors (Lipinski definition) is 0. The van der Waals surface area contributed by atoms with Crippen LogP contribution in [0, 0.1) is 6.92 Å². The Morgan fingerprint density at radius 1 is 0.976 bits per heavy atom. The quantitative estimate of drug-likeness (QED) is 0.236. The maximum absolute atomic E-state index is 13.4. The van der Waals surface area contributed by atoms with E-state index in [0.29, 0.717) is 21.9 Å². The first-order valence-electron chi connectivity index (χ1n) is 13.5. The summed E-state index contributed by atoms with van der Waals surface area (Å²) >= 11 is 1.31. The van der Waals surface area contributed by atoms with E-state index >= 15 is 0 Å². The van der Waals surface area contributed by atoms with E-state index in [1.807, 2.05) is 111 Å². The molecule has 8 nitrogen and oxygen atoms in total. The van der Waals surface area contributed by atoms with Gasteiger partial charge in [0.1, 0.15) is 17.2 Å². The van der Waals surface area contributed by atoms with E-state index in [2.05, 4.69) is 16.1 Å². The van der Waals surface area contributed by atoms with Crippen molar-refractivity contribution in [2.45, 2.75) is 33.8 Å². The summed E-state index contributed by atoms with van der Waals surface area (Å²) in [5, 5.41) is 9.43. The highest BCUT2D eigenvalue weighted by Gasteiger charge is 2.16. The molecule has 0 saturated carbocycles. The Balaban J connectivity index is 1.42. The summed E-state index contributed by atoms with van der Waals surface area (Å²) in [6.45, 7) is 8.58. The van der Waals surface area contributed by atoms with Crippen molar-refractivity contribution in [1.82, 2.24) is 24.4 Å². The van der Waals surface area contributed by atoms with Gasteiger partial charge in [0.25, 0.3) is 5.56 Å². The van der Waals surface area contributed by atoms with Crippen LogP contribution in [0.2, 0.25) is 0 Å². The summed E-state index contributed by atoms with van der Waals surface area (Å²) in [5.74, 6) is 2.12. The number of rotatable bonds is 8. The third-order valence-corrected chi connectivity index (χ3v) is 7.43. The molecule has 0 fully saturated rings. The Morgan fingerprint density at radius 3 is 2.41 bits per heavy atom. The molecule has 3 aromatic heterocycles. The molecule has 0 saturated heterocycles. The Hall–Kier alpha value is -4.76. The van der Waals surface area contributed by atoms with Crippen molar-refractivity contribution in [2.24, 2.45) is 0 Å². The van der Waals surface area contributed by atoms with Crippen LogP contribution in [0.4, 0.5) is 0 Å². The lowest BCUT2D eigenvalue weighted by molar-refractivity contribution is 0.241. The minimum Gasteiger partial charge on any atom is -0.494 e. The van der Waals surface area contributed by atoms with E-state index in [1.165, 1.54) is 15.9 Å². The van der Waals surface area contributed by atoms with E-state index in [1.54, 1.807) is 0 Å². The first-order valence-corrected chi connectivity index (χ1v) is 14.3. The third-order valence-electron chi connectivity index (χ3n) is 6.47. The van der Waals surface area contributed by atoms with Crippen LogP contribution < -0.4 is 19.6 Å². The SMILES string of the molecule is CCOc1ccc(-c2nc3sc(=Cc4cn(-c5ccccc5)nc4-c4ccc(OC(C)C)c(C)c4)c(=O)n3n2)cc1.